The highest BCUT2D eigenvalue weighted by Gasteiger charge is 2.31. The lowest BCUT2D eigenvalue weighted by Gasteiger charge is -2.36. The van der Waals surface area contributed by atoms with Crippen molar-refractivity contribution in [1.82, 2.24) is 14.1 Å². The first-order valence-electron chi connectivity index (χ1n) is 9.32. The highest BCUT2D eigenvalue weighted by Crippen LogP contribution is 2.19. The van der Waals surface area contributed by atoms with Crippen LogP contribution in [-0.2, 0) is 19.6 Å². The summed E-state index contributed by atoms with van der Waals surface area (Å²) in [7, 11) is -3.69. The zero-order valence-corrected chi connectivity index (χ0v) is 16.4. The highest BCUT2D eigenvalue weighted by atomic mass is 32.2. The van der Waals surface area contributed by atoms with E-state index < -0.39 is 15.8 Å². The van der Waals surface area contributed by atoms with E-state index in [9.17, 15) is 22.4 Å². The molecule has 2 fully saturated rings. The summed E-state index contributed by atoms with van der Waals surface area (Å²) in [6.45, 7) is 2.60. The maximum Gasteiger partial charge on any atom is 0.243 e. The van der Waals surface area contributed by atoms with Crippen LogP contribution < -0.4 is 5.73 Å². The Morgan fingerprint density at radius 3 is 2.11 bits per heavy atom. The Labute approximate surface area is 164 Å². The van der Waals surface area contributed by atoms with Crippen LogP contribution in [0.1, 0.15) is 12.8 Å². The van der Waals surface area contributed by atoms with Gasteiger partial charge < -0.3 is 10.6 Å². The third kappa shape index (κ3) is 4.68. The van der Waals surface area contributed by atoms with Crippen molar-refractivity contribution >= 4 is 21.8 Å². The van der Waals surface area contributed by atoms with Gasteiger partial charge in [-0.2, -0.15) is 4.31 Å². The molecule has 0 atom stereocenters. The number of rotatable bonds is 5. The molecule has 3 rings (SSSR count). The number of primary amides is 1. The van der Waals surface area contributed by atoms with Crippen molar-refractivity contribution in [1.29, 1.82) is 0 Å². The van der Waals surface area contributed by atoms with Gasteiger partial charge in [-0.05, 0) is 50.2 Å². The van der Waals surface area contributed by atoms with Gasteiger partial charge in [0.25, 0.3) is 0 Å². The molecule has 0 aromatic heterocycles. The summed E-state index contributed by atoms with van der Waals surface area (Å²) < 4.78 is 39.6. The van der Waals surface area contributed by atoms with Gasteiger partial charge in [-0.25, -0.2) is 12.8 Å². The lowest BCUT2D eigenvalue weighted by atomic mass is 9.96. The molecule has 2 saturated heterocycles. The van der Waals surface area contributed by atoms with Gasteiger partial charge in [-0.15, -0.1) is 0 Å². The molecule has 2 heterocycles. The van der Waals surface area contributed by atoms with Gasteiger partial charge in [0.1, 0.15) is 5.82 Å². The average Bonchev–Trinajstić information content (AvgIpc) is 2.69. The van der Waals surface area contributed by atoms with Gasteiger partial charge >= 0.3 is 0 Å². The van der Waals surface area contributed by atoms with E-state index in [1.807, 2.05) is 4.90 Å². The molecule has 0 aliphatic carbocycles. The van der Waals surface area contributed by atoms with Gasteiger partial charge in [0.05, 0.1) is 11.4 Å². The quantitative estimate of drug-likeness (QED) is 0.725. The van der Waals surface area contributed by atoms with E-state index in [-0.39, 0.29) is 42.3 Å². The van der Waals surface area contributed by atoms with Gasteiger partial charge in [-0.1, -0.05) is 0 Å². The van der Waals surface area contributed by atoms with Gasteiger partial charge in [0.2, 0.25) is 21.8 Å². The average molecular weight is 412 g/mol. The number of nitrogens with zero attached hydrogens (tertiary/aromatic N) is 3. The van der Waals surface area contributed by atoms with Crippen LogP contribution in [-0.4, -0.2) is 80.2 Å². The number of sulfonamides is 1. The summed E-state index contributed by atoms with van der Waals surface area (Å²) in [4.78, 5) is 27.5. The number of piperazine rings is 1. The molecular weight excluding hydrogens is 387 g/mol. The number of halogens is 1. The summed E-state index contributed by atoms with van der Waals surface area (Å²) in [5.41, 5.74) is 5.32. The number of nitrogens with two attached hydrogens (primary N) is 1. The van der Waals surface area contributed by atoms with E-state index in [0.29, 0.717) is 39.0 Å². The van der Waals surface area contributed by atoms with E-state index in [0.717, 1.165) is 12.1 Å². The Hall–Kier alpha value is -2.04. The maximum atomic E-state index is 13.0. The molecule has 1 aromatic rings. The van der Waals surface area contributed by atoms with Gasteiger partial charge in [0.15, 0.2) is 0 Å². The van der Waals surface area contributed by atoms with Crippen molar-refractivity contribution in [2.75, 3.05) is 45.8 Å². The fraction of sp³-hybridized carbons (Fsp3) is 0.556. The van der Waals surface area contributed by atoms with E-state index in [2.05, 4.69) is 0 Å². The second-order valence-electron chi connectivity index (χ2n) is 7.19. The second kappa shape index (κ2) is 8.54. The Kier molecular flexibility index (Phi) is 6.31. The number of benzene rings is 1. The fourth-order valence-electron chi connectivity index (χ4n) is 3.60. The fourth-order valence-corrected chi connectivity index (χ4v) is 5.02. The van der Waals surface area contributed by atoms with Crippen LogP contribution in [0.15, 0.2) is 29.2 Å². The normalized spacial score (nSPS) is 20.2. The summed E-state index contributed by atoms with van der Waals surface area (Å²) in [5, 5.41) is 0. The smallest absolute Gasteiger partial charge is 0.243 e. The first-order valence-corrected chi connectivity index (χ1v) is 10.8. The van der Waals surface area contributed by atoms with Crippen LogP contribution in [0.2, 0.25) is 0 Å². The van der Waals surface area contributed by atoms with E-state index in [1.165, 1.54) is 16.4 Å². The third-order valence-corrected chi connectivity index (χ3v) is 7.30. The number of carbonyl (C=O) groups is 2. The van der Waals surface area contributed by atoms with Crippen LogP contribution in [0.4, 0.5) is 4.39 Å². The van der Waals surface area contributed by atoms with Gasteiger partial charge in [-0.3, -0.25) is 14.5 Å². The van der Waals surface area contributed by atoms with Crippen LogP contribution >= 0.6 is 0 Å². The lowest BCUT2D eigenvalue weighted by molar-refractivity contribution is -0.134. The number of likely N-dealkylation sites (tertiary alicyclic amines) is 1. The van der Waals surface area contributed by atoms with E-state index in [1.54, 1.807) is 4.90 Å². The Morgan fingerprint density at radius 1 is 1.00 bits per heavy atom. The van der Waals surface area contributed by atoms with Crippen LogP contribution in [0.25, 0.3) is 0 Å². The minimum atomic E-state index is -3.69. The molecule has 154 valence electrons. The Morgan fingerprint density at radius 2 is 1.57 bits per heavy atom. The zero-order chi connectivity index (χ0) is 20.3. The highest BCUT2D eigenvalue weighted by molar-refractivity contribution is 7.89. The summed E-state index contributed by atoms with van der Waals surface area (Å²) >= 11 is 0. The molecule has 8 nitrogen and oxygen atoms in total. The number of amides is 2. The largest absolute Gasteiger partial charge is 0.369 e. The molecule has 0 bridgehead atoms. The molecule has 0 saturated carbocycles. The SMILES string of the molecule is NC(=O)C1CCN(CC(=O)N2CCN(S(=O)(=O)c3ccc(F)cc3)CC2)CC1. The van der Waals surface area contributed by atoms with Crippen LogP contribution in [0.3, 0.4) is 0 Å². The molecule has 2 N–H and O–H groups in total. The monoisotopic (exact) mass is 412 g/mol. The number of piperidine rings is 1. The number of hydrogen-bond acceptors (Lipinski definition) is 5. The molecule has 10 heteroatoms. The van der Waals surface area contributed by atoms with Crippen molar-refractivity contribution in [3.63, 3.8) is 0 Å². The number of hydrogen-bond donors (Lipinski definition) is 1. The van der Waals surface area contributed by atoms with Crippen molar-refractivity contribution in [3.05, 3.63) is 30.1 Å². The predicted octanol–water partition coefficient (Wildman–Crippen LogP) is -0.144. The van der Waals surface area contributed by atoms with Crippen LogP contribution in [0, 0.1) is 11.7 Å². The molecule has 0 radical (unpaired) electrons. The molecule has 2 aliphatic rings. The van der Waals surface area contributed by atoms with Crippen molar-refractivity contribution in [2.24, 2.45) is 11.7 Å². The van der Waals surface area contributed by atoms with E-state index in [4.69, 9.17) is 5.73 Å². The molecule has 2 amide bonds. The topological polar surface area (TPSA) is 104 Å². The predicted molar refractivity (Wildman–Crippen MR) is 100 cm³/mol. The van der Waals surface area contributed by atoms with Crippen molar-refractivity contribution < 1.29 is 22.4 Å². The third-order valence-electron chi connectivity index (χ3n) is 5.39. The minimum absolute atomic E-state index is 0.0450. The summed E-state index contributed by atoms with van der Waals surface area (Å²) in [6.07, 6.45) is 1.32. The molecule has 1 aromatic carbocycles. The second-order valence-corrected chi connectivity index (χ2v) is 9.13. The lowest BCUT2D eigenvalue weighted by Crippen LogP contribution is -2.53. The zero-order valence-electron chi connectivity index (χ0n) is 15.6. The Bertz CT molecular complexity index is 814. The van der Waals surface area contributed by atoms with Crippen molar-refractivity contribution in [2.45, 2.75) is 17.7 Å². The summed E-state index contributed by atoms with van der Waals surface area (Å²) in [6, 6.07) is 4.73. The molecule has 0 unspecified atom stereocenters. The molecule has 0 spiro atoms. The molecular formula is C18H25FN4O4S. The Balaban J connectivity index is 1.50. The van der Waals surface area contributed by atoms with Crippen LogP contribution in [0.5, 0.6) is 0 Å². The first kappa shape index (κ1) is 20.7. The first-order chi connectivity index (χ1) is 13.3. The maximum absolute atomic E-state index is 13.0. The summed E-state index contributed by atoms with van der Waals surface area (Å²) in [5.74, 6) is -0.943. The standard InChI is InChI=1S/C18H25FN4O4S/c19-15-1-3-16(4-2-15)28(26,27)23-11-9-22(10-12-23)17(24)13-21-7-5-14(6-8-21)18(20)25/h1-4,14H,5-13H2,(H2,20,25). The van der Waals surface area contributed by atoms with E-state index >= 15 is 0 Å². The molecule has 28 heavy (non-hydrogen) atoms. The van der Waals surface area contributed by atoms with Crippen molar-refractivity contribution in [3.8, 4) is 0 Å². The molecule has 2 aliphatic heterocycles. The van der Waals surface area contributed by atoms with Gasteiger partial charge in [0, 0.05) is 32.1 Å². The number of carbonyl (C=O) groups excluding carboxylic acids is 2. The minimum Gasteiger partial charge on any atom is -0.369 e.